The molecule has 2 rings (SSSR count). The second kappa shape index (κ2) is 7.22. The second-order valence-electron chi connectivity index (χ2n) is 4.77. The maximum atomic E-state index is 11.9. The number of hydrogen-bond acceptors (Lipinski definition) is 3. The van der Waals surface area contributed by atoms with Gasteiger partial charge in [0, 0.05) is 28.6 Å². The van der Waals surface area contributed by atoms with Gasteiger partial charge in [-0.05, 0) is 49.2 Å². The van der Waals surface area contributed by atoms with Crippen molar-refractivity contribution in [2.45, 2.75) is 20.3 Å². The van der Waals surface area contributed by atoms with E-state index in [1.807, 2.05) is 38.1 Å². The molecule has 2 aromatic rings. The van der Waals surface area contributed by atoms with Gasteiger partial charge in [0.15, 0.2) is 0 Å². The summed E-state index contributed by atoms with van der Waals surface area (Å²) in [7, 11) is 0. The molecule has 4 nitrogen and oxygen atoms in total. The van der Waals surface area contributed by atoms with Crippen molar-refractivity contribution in [3.05, 3.63) is 52.3 Å². The van der Waals surface area contributed by atoms with Crippen molar-refractivity contribution in [2.24, 2.45) is 0 Å². The zero-order valence-electron chi connectivity index (χ0n) is 12.1. The molecular weight excluding hydrogens is 330 g/mol. The Balaban J connectivity index is 2.15. The van der Waals surface area contributed by atoms with Gasteiger partial charge in [-0.15, -0.1) is 0 Å². The fourth-order valence-electron chi connectivity index (χ4n) is 1.88. The molecule has 0 atom stereocenters. The topological polar surface area (TPSA) is 54.0 Å². The number of benzene rings is 1. The molecule has 0 saturated heterocycles. The van der Waals surface area contributed by atoms with Crippen molar-refractivity contribution in [1.29, 1.82) is 0 Å². The van der Waals surface area contributed by atoms with Crippen LogP contribution in [0.4, 0.5) is 11.4 Å². The molecule has 0 aliphatic heterocycles. The molecule has 1 aromatic carbocycles. The first-order valence-electron chi connectivity index (χ1n) is 6.87. The van der Waals surface area contributed by atoms with Crippen LogP contribution in [0.3, 0.4) is 0 Å². The van der Waals surface area contributed by atoms with Crippen molar-refractivity contribution >= 4 is 33.2 Å². The average Bonchev–Trinajstić information content (AvgIpc) is 2.48. The van der Waals surface area contributed by atoms with Gasteiger partial charge in [0.2, 0.25) is 0 Å². The monoisotopic (exact) mass is 347 g/mol. The third kappa shape index (κ3) is 4.29. The Morgan fingerprint density at radius 3 is 2.81 bits per heavy atom. The molecule has 1 amide bonds. The first-order chi connectivity index (χ1) is 10.1. The molecule has 110 valence electrons. The highest BCUT2D eigenvalue weighted by Gasteiger charge is 2.07. The number of nitrogens with zero attached hydrogens (tertiary/aromatic N) is 1. The Morgan fingerprint density at radius 2 is 2.10 bits per heavy atom. The summed E-state index contributed by atoms with van der Waals surface area (Å²) in [5, 5.41) is 6.13. The number of pyridine rings is 1. The van der Waals surface area contributed by atoms with Crippen LogP contribution in [-0.2, 0) is 0 Å². The lowest BCUT2D eigenvalue weighted by Crippen LogP contribution is -2.24. The molecule has 0 bridgehead atoms. The van der Waals surface area contributed by atoms with Crippen LogP contribution in [0.25, 0.3) is 0 Å². The summed E-state index contributed by atoms with van der Waals surface area (Å²) in [4.78, 5) is 16.0. The van der Waals surface area contributed by atoms with Crippen LogP contribution in [0, 0.1) is 6.92 Å². The molecule has 0 aliphatic carbocycles. The molecule has 0 saturated carbocycles. The van der Waals surface area contributed by atoms with Crippen molar-refractivity contribution in [2.75, 3.05) is 11.9 Å². The molecule has 0 radical (unpaired) electrons. The predicted molar refractivity (Wildman–Crippen MR) is 89.0 cm³/mol. The Bertz CT molecular complexity index is 643. The molecule has 2 N–H and O–H groups in total. The van der Waals surface area contributed by atoms with Crippen LogP contribution < -0.4 is 10.6 Å². The number of nitrogens with one attached hydrogen (secondary N) is 2. The number of aromatic nitrogens is 1. The number of anilines is 2. The lowest BCUT2D eigenvalue weighted by molar-refractivity contribution is 0.0949. The van der Waals surface area contributed by atoms with E-state index in [1.165, 1.54) is 0 Å². The van der Waals surface area contributed by atoms with E-state index in [9.17, 15) is 4.79 Å². The van der Waals surface area contributed by atoms with Crippen molar-refractivity contribution in [1.82, 2.24) is 10.3 Å². The van der Waals surface area contributed by atoms with Crippen LogP contribution in [-0.4, -0.2) is 17.4 Å². The zero-order valence-corrected chi connectivity index (χ0v) is 13.7. The molecule has 0 fully saturated rings. The van der Waals surface area contributed by atoms with Gasteiger partial charge >= 0.3 is 0 Å². The molecular formula is C16H18BrN3O. The van der Waals surface area contributed by atoms with Gasteiger partial charge in [-0.2, -0.15) is 0 Å². The molecule has 0 aliphatic rings. The van der Waals surface area contributed by atoms with E-state index in [4.69, 9.17) is 0 Å². The summed E-state index contributed by atoms with van der Waals surface area (Å²) in [6.07, 6.45) is 2.54. The maximum Gasteiger partial charge on any atom is 0.269 e. The molecule has 5 heteroatoms. The fraction of sp³-hybridized carbons (Fsp3) is 0.250. The van der Waals surface area contributed by atoms with Gasteiger partial charge in [0.1, 0.15) is 5.69 Å². The molecule has 0 spiro atoms. The number of carbonyl (C=O) groups is 1. The van der Waals surface area contributed by atoms with Crippen LogP contribution in [0.2, 0.25) is 0 Å². The van der Waals surface area contributed by atoms with Gasteiger partial charge in [-0.1, -0.05) is 22.9 Å². The lowest BCUT2D eigenvalue weighted by atomic mass is 10.2. The zero-order chi connectivity index (χ0) is 15.2. The van der Waals surface area contributed by atoms with Gasteiger partial charge in [0.25, 0.3) is 5.91 Å². The fourth-order valence-corrected chi connectivity index (χ4v) is 2.36. The summed E-state index contributed by atoms with van der Waals surface area (Å²) in [5.41, 5.74) is 3.39. The van der Waals surface area contributed by atoms with Crippen molar-refractivity contribution in [3.8, 4) is 0 Å². The molecule has 1 aromatic heterocycles. The predicted octanol–water partition coefficient (Wildman–Crippen LogP) is 4.04. The highest BCUT2D eigenvalue weighted by Crippen LogP contribution is 2.23. The minimum absolute atomic E-state index is 0.145. The SMILES string of the molecule is CCCNC(=O)c1cc(Nc2ccc(Br)cc2C)ccn1. The average molecular weight is 348 g/mol. The van der Waals surface area contributed by atoms with Gasteiger partial charge < -0.3 is 10.6 Å². The van der Waals surface area contributed by atoms with Crippen LogP contribution in [0.15, 0.2) is 41.0 Å². The third-order valence-corrected chi connectivity index (χ3v) is 3.49. The number of hydrogen-bond donors (Lipinski definition) is 2. The van der Waals surface area contributed by atoms with Crippen LogP contribution in [0.1, 0.15) is 29.4 Å². The minimum Gasteiger partial charge on any atom is -0.355 e. The smallest absolute Gasteiger partial charge is 0.269 e. The largest absolute Gasteiger partial charge is 0.355 e. The van der Waals surface area contributed by atoms with Gasteiger partial charge in [0.05, 0.1) is 0 Å². The van der Waals surface area contributed by atoms with Crippen LogP contribution >= 0.6 is 15.9 Å². The number of rotatable bonds is 5. The number of halogens is 1. The lowest BCUT2D eigenvalue weighted by Gasteiger charge is -2.11. The minimum atomic E-state index is -0.145. The van der Waals surface area contributed by atoms with E-state index in [-0.39, 0.29) is 5.91 Å². The summed E-state index contributed by atoms with van der Waals surface area (Å²) in [6, 6.07) is 9.62. The third-order valence-electron chi connectivity index (χ3n) is 3.00. The summed E-state index contributed by atoms with van der Waals surface area (Å²) in [6.45, 7) is 4.70. The van der Waals surface area contributed by atoms with Gasteiger partial charge in [-0.3, -0.25) is 9.78 Å². The first-order valence-corrected chi connectivity index (χ1v) is 7.67. The Kier molecular flexibility index (Phi) is 5.33. The number of carbonyl (C=O) groups excluding carboxylic acids is 1. The summed E-state index contributed by atoms with van der Waals surface area (Å²) >= 11 is 3.45. The Labute approximate surface area is 133 Å². The summed E-state index contributed by atoms with van der Waals surface area (Å²) < 4.78 is 1.04. The standard InChI is InChI=1S/C16H18BrN3O/c1-3-7-19-16(21)15-10-13(6-8-18-15)20-14-5-4-12(17)9-11(14)2/h4-6,8-10H,3,7H2,1-2H3,(H,18,20)(H,19,21). The van der Waals surface area contributed by atoms with E-state index in [0.29, 0.717) is 12.2 Å². The Hall–Kier alpha value is -1.88. The molecule has 0 unspecified atom stereocenters. The quantitative estimate of drug-likeness (QED) is 0.858. The van der Waals surface area contributed by atoms with Crippen LogP contribution in [0.5, 0.6) is 0 Å². The highest BCUT2D eigenvalue weighted by atomic mass is 79.9. The normalized spacial score (nSPS) is 10.2. The second-order valence-corrected chi connectivity index (χ2v) is 5.69. The van der Waals surface area contributed by atoms with Crippen molar-refractivity contribution < 1.29 is 4.79 Å². The van der Waals surface area contributed by atoms with E-state index >= 15 is 0 Å². The summed E-state index contributed by atoms with van der Waals surface area (Å²) in [5.74, 6) is -0.145. The van der Waals surface area contributed by atoms with E-state index in [0.717, 1.165) is 27.8 Å². The number of amides is 1. The van der Waals surface area contributed by atoms with E-state index in [2.05, 4.69) is 31.5 Å². The van der Waals surface area contributed by atoms with E-state index in [1.54, 1.807) is 12.3 Å². The maximum absolute atomic E-state index is 11.9. The Morgan fingerprint density at radius 1 is 1.29 bits per heavy atom. The van der Waals surface area contributed by atoms with E-state index < -0.39 is 0 Å². The first kappa shape index (κ1) is 15.5. The molecule has 1 heterocycles. The number of aryl methyl sites for hydroxylation is 1. The van der Waals surface area contributed by atoms with Crippen molar-refractivity contribution in [3.63, 3.8) is 0 Å². The van der Waals surface area contributed by atoms with Gasteiger partial charge in [-0.25, -0.2) is 0 Å². The highest BCUT2D eigenvalue weighted by molar-refractivity contribution is 9.10. The molecule has 21 heavy (non-hydrogen) atoms.